The van der Waals surface area contributed by atoms with E-state index in [2.05, 4.69) is 16.7 Å². The highest BCUT2D eigenvalue weighted by Gasteiger charge is 2.07. The lowest BCUT2D eigenvalue weighted by atomic mass is 10.1. The fourth-order valence-electron chi connectivity index (χ4n) is 2.25. The van der Waals surface area contributed by atoms with E-state index in [0.29, 0.717) is 11.1 Å². The van der Waals surface area contributed by atoms with E-state index in [4.69, 9.17) is 5.26 Å². The van der Waals surface area contributed by atoms with Crippen LogP contribution < -0.4 is 10.6 Å². The third-order valence-corrected chi connectivity index (χ3v) is 3.73. The monoisotopic (exact) mass is 333 g/mol. The van der Waals surface area contributed by atoms with Gasteiger partial charge in [0.05, 0.1) is 17.7 Å². The summed E-state index contributed by atoms with van der Waals surface area (Å²) in [6.07, 6.45) is 3.14. The number of benzene rings is 2. The van der Waals surface area contributed by atoms with Crippen LogP contribution in [0, 0.1) is 11.3 Å². The first-order valence-electron chi connectivity index (χ1n) is 7.84. The minimum absolute atomic E-state index is 0.149. The van der Waals surface area contributed by atoms with Crippen molar-refractivity contribution in [1.29, 1.82) is 5.26 Å². The van der Waals surface area contributed by atoms with Gasteiger partial charge in [-0.05, 0) is 48.4 Å². The van der Waals surface area contributed by atoms with Crippen LogP contribution in [0.5, 0.6) is 0 Å². The van der Waals surface area contributed by atoms with Crippen LogP contribution in [0.4, 0.5) is 0 Å². The van der Waals surface area contributed by atoms with Gasteiger partial charge < -0.3 is 10.6 Å². The molecule has 126 valence electrons. The van der Waals surface area contributed by atoms with Crippen molar-refractivity contribution in [3.63, 3.8) is 0 Å². The highest BCUT2D eigenvalue weighted by atomic mass is 16.2. The van der Waals surface area contributed by atoms with Gasteiger partial charge in [-0.1, -0.05) is 24.3 Å². The highest BCUT2D eigenvalue weighted by Crippen LogP contribution is 2.13. The van der Waals surface area contributed by atoms with Crippen molar-refractivity contribution < 1.29 is 9.59 Å². The average Bonchev–Trinajstić information content (AvgIpc) is 2.66. The molecule has 0 aromatic heterocycles. The Morgan fingerprint density at radius 1 is 1.08 bits per heavy atom. The van der Waals surface area contributed by atoms with Crippen molar-refractivity contribution in [3.8, 4) is 6.07 Å². The molecule has 0 aliphatic heterocycles. The largest absolute Gasteiger partial charge is 0.355 e. The number of hydrogen-bond acceptors (Lipinski definition) is 3. The first-order valence-corrected chi connectivity index (χ1v) is 7.84. The molecule has 1 atom stereocenters. The van der Waals surface area contributed by atoms with Crippen molar-refractivity contribution in [3.05, 3.63) is 76.9 Å². The van der Waals surface area contributed by atoms with Gasteiger partial charge >= 0.3 is 0 Å². The zero-order chi connectivity index (χ0) is 18.2. The summed E-state index contributed by atoms with van der Waals surface area (Å²) in [7, 11) is 1.58. The quantitative estimate of drug-likeness (QED) is 0.826. The first-order chi connectivity index (χ1) is 12.0. The fourth-order valence-corrected chi connectivity index (χ4v) is 2.25. The third-order valence-electron chi connectivity index (χ3n) is 3.73. The fraction of sp³-hybridized carbons (Fsp3) is 0.150. The van der Waals surface area contributed by atoms with Gasteiger partial charge in [0, 0.05) is 18.7 Å². The number of carbonyl (C=O) groups is 2. The van der Waals surface area contributed by atoms with Crippen LogP contribution in [0.1, 0.15) is 40.0 Å². The van der Waals surface area contributed by atoms with Crippen molar-refractivity contribution in [2.45, 2.75) is 13.0 Å². The molecule has 0 bridgehead atoms. The van der Waals surface area contributed by atoms with E-state index in [1.54, 1.807) is 49.5 Å². The summed E-state index contributed by atoms with van der Waals surface area (Å²) in [5, 5.41) is 14.2. The molecule has 0 aliphatic carbocycles. The maximum atomic E-state index is 12.0. The number of carbonyl (C=O) groups excluding carboxylic acids is 2. The molecular weight excluding hydrogens is 314 g/mol. The number of nitrogens with zero attached hydrogens (tertiary/aromatic N) is 1. The van der Waals surface area contributed by atoms with Gasteiger partial charge in [-0.15, -0.1) is 0 Å². The molecule has 2 rings (SSSR count). The highest BCUT2D eigenvalue weighted by molar-refractivity contribution is 5.94. The molecule has 0 saturated carbocycles. The zero-order valence-electron chi connectivity index (χ0n) is 14.1. The van der Waals surface area contributed by atoms with Crippen LogP contribution in [-0.2, 0) is 4.79 Å². The predicted octanol–water partition coefficient (Wildman–Crippen LogP) is 2.81. The van der Waals surface area contributed by atoms with Crippen LogP contribution in [0.15, 0.2) is 54.6 Å². The maximum Gasteiger partial charge on any atom is 0.251 e. The normalized spacial score (nSPS) is 11.6. The maximum absolute atomic E-state index is 12.0. The summed E-state index contributed by atoms with van der Waals surface area (Å²) >= 11 is 0. The standard InChI is InChI=1S/C20H19N3O2/c1-14(17-8-5-16(13-21)6-9-17)23-19(24)12-7-15-3-10-18(11-4-15)20(25)22-2/h3-12,14H,1-2H3,(H,22,25)(H,23,24)/b12-7+. The van der Waals surface area contributed by atoms with Gasteiger partial charge in [-0.25, -0.2) is 0 Å². The molecule has 2 aromatic carbocycles. The number of hydrogen-bond donors (Lipinski definition) is 2. The molecule has 25 heavy (non-hydrogen) atoms. The lowest BCUT2D eigenvalue weighted by Gasteiger charge is -2.12. The molecule has 0 saturated heterocycles. The SMILES string of the molecule is CNC(=O)c1ccc(/C=C/C(=O)NC(C)c2ccc(C#N)cc2)cc1. The van der Waals surface area contributed by atoms with Gasteiger partial charge in [-0.2, -0.15) is 5.26 Å². The Morgan fingerprint density at radius 2 is 1.72 bits per heavy atom. The molecule has 0 fully saturated rings. The number of rotatable bonds is 5. The Hall–Kier alpha value is -3.39. The molecule has 0 radical (unpaired) electrons. The Kier molecular flexibility index (Phi) is 6.08. The second-order valence-corrected chi connectivity index (χ2v) is 5.50. The molecule has 0 aliphatic rings. The third kappa shape index (κ3) is 5.05. The van der Waals surface area contributed by atoms with E-state index in [1.165, 1.54) is 6.08 Å². The summed E-state index contributed by atoms with van der Waals surface area (Å²) in [5.41, 5.74) is 2.91. The van der Waals surface area contributed by atoms with Crippen molar-refractivity contribution in [2.75, 3.05) is 7.05 Å². The second kappa shape index (κ2) is 8.46. The summed E-state index contributed by atoms with van der Waals surface area (Å²) in [6.45, 7) is 1.88. The molecule has 2 N–H and O–H groups in total. The summed E-state index contributed by atoms with van der Waals surface area (Å²) in [4.78, 5) is 23.5. The van der Waals surface area contributed by atoms with Gasteiger partial charge in [0.25, 0.3) is 5.91 Å². The number of amides is 2. The predicted molar refractivity (Wildman–Crippen MR) is 96.6 cm³/mol. The van der Waals surface area contributed by atoms with Crippen molar-refractivity contribution >= 4 is 17.9 Å². The Morgan fingerprint density at radius 3 is 2.28 bits per heavy atom. The van der Waals surface area contributed by atoms with E-state index in [9.17, 15) is 9.59 Å². The summed E-state index contributed by atoms with van der Waals surface area (Å²) < 4.78 is 0. The molecule has 0 heterocycles. The Labute approximate surface area is 147 Å². The van der Waals surface area contributed by atoms with E-state index in [1.807, 2.05) is 19.1 Å². The van der Waals surface area contributed by atoms with Crippen LogP contribution in [-0.4, -0.2) is 18.9 Å². The number of nitriles is 1. The minimum atomic E-state index is -0.216. The smallest absolute Gasteiger partial charge is 0.251 e. The zero-order valence-corrected chi connectivity index (χ0v) is 14.1. The van der Waals surface area contributed by atoms with Crippen LogP contribution in [0.25, 0.3) is 6.08 Å². The Bertz CT molecular complexity index is 816. The second-order valence-electron chi connectivity index (χ2n) is 5.50. The van der Waals surface area contributed by atoms with Crippen LogP contribution in [0.3, 0.4) is 0 Å². The van der Waals surface area contributed by atoms with Crippen molar-refractivity contribution in [2.24, 2.45) is 0 Å². The van der Waals surface area contributed by atoms with Crippen LogP contribution >= 0.6 is 0 Å². The molecule has 1 unspecified atom stereocenters. The van der Waals surface area contributed by atoms with Gasteiger partial charge in [0.2, 0.25) is 5.91 Å². The number of nitrogens with one attached hydrogen (secondary N) is 2. The van der Waals surface area contributed by atoms with Crippen molar-refractivity contribution in [1.82, 2.24) is 10.6 Å². The summed E-state index contributed by atoms with van der Waals surface area (Å²) in [6, 6.07) is 16.0. The van der Waals surface area contributed by atoms with Gasteiger partial charge in [0.1, 0.15) is 0 Å². The average molecular weight is 333 g/mol. The molecule has 5 heteroatoms. The van der Waals surface area contributed by atoms with E-state index in [-0.39, 0.29) is 17.9 Å². The van der Waals surface area contributed by atoms with E-state index < -0.39 is 0 Å². The molecule has 2 aromatic rings. The van der Waals surface area contributed by atoms with E-state index in [0.717, 1.165) is 11.1 Å². The first kappa shape index (κ1) is 18.0. The molecule has 0 spiro atoms. The van der Waals surface area contributed by atoms with Gasteiger partial charge in [0.15, 0.2) is 0 Å². The molecular formula is C20H19N3O2. The molecule has 2 amide bonds. The molecule has 5 nitrogen and oxygen atoms in total. The lowest BCUT2D eigenvalue weighted by molar-refractivity contribution is -0.117. The summed E-state index contributed by atoms with van der Waals surface area (Å²) in [5.74, 6) is -0.364. The lowest BCUT2D eigenvalue weighted by Crippen LogP contribution is -2.24. The Balaban J connectivity index is 1.95. The van der Waals surface area contributed by atoms with Gasteiger partial charge in [-0.3, -0.25) is 9.59 Å². The van der Waals surface area contributed by atoms with E-state index >= 15 is 0 Å². The topological polar surface area (TPSA) is 82.0 Å². The van der Waals surface area contributed by atoms with Crippen LogP contribution in [0.2, 0.25) is 0 Å². The minimum Gasteiger partial charge on any atom is -0.355 e.